The van der Waals surface area contributed by atoms with E-state index >= 15 is 0 Å². The molecule has 1 aliphatic heterocycles. The predicted octanol–water partition coefficient (Wildman–Crippen LogP) is 4.09. The maximum absolute atomic E-state index is 13.2. The summed E-state index contributed by atoms with van der Waals surface area (Å²) in [5.41, 5.74) is 2.79. The maximum Gasteiger partial charge on any atom is 0.222 e. The molecule has 3 rings (SSSR count). The smallest absolute Gasteiger partial charge is 0.222 e. The predicted molar refractivity (Wildman–Crippen MR) is 106 cm³/mol. The average Bonchev–Trinajstić information content (AvgIpc) is 3.02. The average molecular weight is 392 g/mol. The van der Waals surface area contributed by atoms with Gasteiger partial charge < -0.3 is 15.5 Å². The van der Waals surface area contributed by atoms with Crippen LogP contribution in [0.1, 0.15) is 24.0 Å². The number of likely N-dealkylation sites (tertiary alicyclic amines) is 1. The van der Waals surface area contributed by atoms with Crippen LogP contribution in [0.2, 0.25) is 5.02 Å². The summed E-state index contributed by atoms with van der Waals surface area (Å²) in [6.07, 6.45) is 1.56. The maximum atomic E-state index is 13.2. The van der Waals surface area contributed by atoms with Crippen molar-refractivity contribution < 1.29 is 9.18 Å². The number of nitrogens with one attached hydrogen (secondary N) is 2. The number of benzene rings is 2. The van der Waals surface area contributed by atoms with Gasteiger partial charge in [0.2, 0.25) is 5.91 Å². The van der Waals surface area contributed by atoms with E-state index in [1.807, 2.05) is 29.2 Å². The van der Waals surface area contributed by atoms with Gasteiger partial charge in [-0.1, -0.05) is 35.9 Å². The van der Waals surface area contributed by atoms with E-state index in [0.717, 1.165) is 24.1 Å². The van der Waals surface area contributed by atoms with Gasteiger partial charge in [0.1, 0.15) is 5.82 Å². The molecule has 0 atom stereocenters. The van der Waals surface area contributed by atoms with Gasteiger partial charge in [-0.15, -0.1) is 0 Å². The van der Waals surface area contributed by atoms with Gasteiger partial charge in [-0.2, -0.15) is 0 Å². The number of hydrogen-bond acceptors (Lipinski definition) is 2. The van der Waals surface area contributed by atoms with Crippen molar-refractivity contribution in [3.05, 3.63) is 64.4 Å². The lowest BCUT2D eigenvalue weighted by molar-refractivity contribution is -0.128. The number of anilines is 1. The lowest BCUT2D eigenvalue weighted by Crippen LogP contribution is -2.29. The zero-order valence-electron chi connectivity index (χ0n) is 14.1. The van der Waals surface area contributed by atoms with Crippen LogP contribution in [0.5, 0.6) is 0 Å². The molecule has 4 nitrogen and oxygen atoms in total. The van der Waals surface area contributed by atoms with Crippen LogP contribution in [0.4, 0.5) is 10.1 Å². The molecule has 0 bridgehead atoms. The molecule has 1 saturated heterocycles. The third-order valence-electron chi connectivity index (χ3n) is 4.27. The molecule has 0 aromatic heterocycles. The molecular formula is C19H19ClFN3OS. The van der Waals surface area contributed by atoms with Gasteiger partial charge in [0, 0.05) is 31.7 Å². The molecule has 0 spiro atoms. The Morgan fingerprint density at radius 1 is 1.23 bits per heavy atom. The number of carbonyl (C=O) groups excluding carboxylic acids is 1. The summed E-state index contributed by atoms with van der Waals surface area (Å²) in [7, 11) is 0. The van der Waals surface area contributed by atoms with Crippen molar-refractivity contribution in [1.82, 2.24) is 10.2 Å². The van der Waals surface area contributed by atoms with Crippen LogP contribution in [0.3, 0.4) is 0 Å². The zero-order chi connectivity index (χ0) is 18.5. The first-order chi connectivity index (χ1) is 12.5. The summed E-state index contributed by atoms with van der Waals surface area (Å²) >= 11 is 11.1. The van der Waals surface area contributed by atoms with Crippen molar-refractivity contribution in [2.24, 2.45) is 0 Å². The van der Waals surface area contributed by atoms with Crippen LogP contribution in [-0.2, 0) is 17.9 Å². The van der Waals surface area contributed by atoms with E-state index in [-0.39, 0.29) is 10.9 Å². The van der Waals surface area contributed by atoms with Crippen LogP contribution < -0.4 is 10.6 Å². The number of amides is 1. The van der Waals surface area contributed by atoms with E-state index in [9.17, 15) is 9.18 Å². The molecule has 1 amide bonds. The second-order valence-corrected chi connectivity index (χ2v) is 6.94. The molecule has 2 N–H and O–H groups in total. The molecular weight excluding hydrogens is 373 g/mol. The Morgan fingerprint density at radius 2 is 2.00 bits per heavy atom. The Kier molecular flexibility index (Phi) is 6.06. The summed E-state index contributed by atoms with van der Waals surface area (Å²) in [5, 5.41) is 6.58. The topological polar surface area (TPSA) is 44.4 Å². The lowest BCUT2D eigenvalue weighted by atomic mass is 10.1. The monoisotopic (exact) mass is 391 g/mol. The third kappa shape index (κ3) is 4.71. The number of halogens is 2. The quantitative estimate of drug-likeness (QED) is 0.753. The standard InChI is InChI=1S/C19H19ClFN3OS/c20-16-10-15(7-8-17(16)21)23-19(26)22-11-13-4-1-2-5-14(13)12-24-9-3-6-18(24)25/h1-2,4-5,7-8,10H,3,6,9,11-12H2,(H2,22,23,26). The van der Waals surface area contributed by atoms with Crippen LogP contribution in [-0.4, -0.2) is 22.5 Å². The van der Waals surface area contributed by atoms with Crippen molar-refractivity contribution in [3.63, 3.8) is 0 Å². The van der Waals surface area contributed by atoms with Crippen LogP contribution in [0.15, 0.2) is 42.5 Å². The van der Waals surface area contributed by atoms with Crippen molar-refractivity contribution in [1.29, 1.82) is 0 Å². The second-order valence-electron chi connectivity index (χ2n) is 6.12. The Bertz CT molecular complexity index is 830. The van der Waals surface area contributed by atoms with E-state index in [1.165, 1.54) is 12.1 Å². The first-order valence-electron chi connectivity index (χ1n) is 8.37. The van der Waals surface area contributed by atoms with Gasteiger partial charge in [0.05, 0.1) is 5.02 Å². The van der Waals surface area contributed by atoms with E-state index < -0.39 is 5.82 Å². The summed E-state index contributed by atoms with van der Waals surface area (Å²) in [4.78, 5) is 13.7. The fraction of sp³-hybridized carbons (Fsp3) is 0.263. The highest BCUT2D eigenvalue weighted by Gasteiger charge is 2.20. The highest BCUT2D eigenvalue weighted by molar-refractivity contribution is 7.80. The van der Waals surface area contributed by atoms with Crippen LogP contribution in [0.25, 0.3) is 0 Å². The van der Waals surface area contributed by atoms with Crippen LogP contribution in [0, 0.1) is 5.82 Å². The minimum absolute atomic E-state index is 0.0402. The first kappa shape index (κ1) is 18.6. The molecule has 7 heteroatoms. The molecule has 2 aromatic carbocycles. The van der Waals surface area contributed by atoms with Crippen molar-refractivity contribution in [2.75, 3.05) is 11.9 Å². The zero-order valence-corrected chi connectivity index (χ0v) is 15.7. The molecule has 1 fully saturated rings. The Balaban J connectivity index is 1.59. The molecule has 2 aromatic rings. The number of rotatable bonds is 5. The largest absolute Gasteiger partial charge is 0.358 e. The van der Waals surface area contributed by atoms with E-state index in [0.29, 0.717) is 30.3 Å². The second kappa shape index (κ2) is 8.47. The van der Waals surface area contributed by atoms with Crippen molar-refractivity contribution in [2.45, 2.75) is 25.9 Å². The van der Waals surface area contributed by atoms with E-state index in [4.69, 9.17) is 23.8 Å². The molecule has 0 aliphatic carbocycles. The normalized spacial score (nSPS) is 13.8. The van der Waals surface area contributed by atoms with Gasteiger partial charge >= 0.3 is 0 Å². The highest BCUT2D eigenvalue weighted by atomic mass is 35.5. The Labute approximate surface area is 162 Å². The summed E-state index contributed by atoms with van der Waals surface area (Å²) in [6, 6.07) is 12.3. The van der Waals surface area contributed by atoms with Crippen LogP contribution >= 0.6 is 23.8 Å². The van der Waals surface area contributed by atoms with Crippen molar-refractivity contribution in [3.8, 4) is 0 Å². The molecule has 136 valence electrons. The minimum Gasteiger partial charge on any atom is -0.358 e. The molecule has 0 radical (unpaired) electrons. The van der Waals surface area contributed by atoms with Gasteiger partial charge in [-0.05, 0) is 48.0 Å². The SMILES string of the molecule is O=C1CCCN1Cc1ccccc1CNC(=S)Nc1ccc(F)c(Cl)c1. The number of carbonyl (C=O) groups is 1. The molecule has 26 heavy (non-hydrogen) atoms. The Hall–Kier alpha value is -2.18. The van der Waals surface area contributed by atoms with E-state index in [1.54, 1.807) is 6.07 Å². The third-order valence-corrected chi connectivity index (χ3v) is 4.80. The fourth-order valence-corrected chi connectivity index (χ4v) is 3.26. The van der Waals surface area contributed by atoms with Crippen molar-refractivity contribution >= 4 is 40.5 Å². The van der Waals surface area contributed by atoms with Gasteiger partial charge in [-0.3, -0.25) is 4.79 Å². The summed E-state index contributed by atoms with van der Waals surface area (Å²) in [5.74, 6) is -0.264. The first-order valence-corrected chi connectivity index (χ1v) is 9.16. The number of thiocarbonyl (C=S) groups is 1. The number of nitrogens with zero attached hydrogens (tertiary/aromatic N) is 1. The van der Waals surface area contributed by atoms with E-state index in [2.05, 4.69) is 10.6 Å². The summed E-state index contributed by atoms with van der Waals surface area (Å²) < 4.78 is 13.2. The summed E-state index contributed by atoms with van der Waals surface area (Å²) in [6.45, 7) is 1.95. The number of hydrogen-bond donors (Lipinski definition) is 2. The van der Waals surface area contributed by atoms with Gasteiger partial charge in [-0.25, -0.2) is 4.39 Å². The molecule has 0 saturated carbocycles. The minimum atomic E-state index is -0.471. The molecule has 1 aliphatic rings. The Morgan fingerprint density at radius 3 is 2.69 bits per heavy atom. The molecule has 1 heterocycles. The van der Waals surface area contributed by atoms with Gasteiger partial charge in [0.15, 0.2) is 5.11 Å². The highest BCUT2D eigenvalue weighted by Crippen LogP contribution is 2.20. The fourth-order valence-electron chi connectivity index (χ4n) is 2.89. The lowest BCUT2D eigenvalue weighted by Gasteiger charge is -2.19. The molecule has 0 unspecified atom stereocenters. The van der Waals surface area contributed by atoms with Gasteiger partial charge in [0.25, 0.3) is 0 Å².